The first-order valence-corrected chi connectivity index (χ1v) is 3.80. The average Bonchev–Trinajstić information content (AvgIpc) is 2.00. The molecular weight excluding hydrogens is 160 g/mol. The van der Waals surface area contributed by atoms with Crippen LogP contribution in [0.4, 0.5) is 0 Å². The standard InChI is InChI=1S/C7H14N2O3/c1-3-8-4-6(10)9-5(2)7(11)12/h5,8H,3-4H2,1-2H3,(H,9,10)(H,11,12). The number of likely N-dealkylation sites (N-methyl/N-ethyl adjacent to an activating group) is 1. The fourth-order valence-corrected chi connectivity index (χ4v) is 0.593. The van der Waals surface area contributed by atoms with E-state index >= 15 is 0 Å². The highest BCUT2D eigenvalue weighted by Gasteiger charge is 2.12. The zero-order valence-corrected chi connectivity index (χ0v) is 7.26. The van der Waals surface area contributed by atoms with E-state index in [0.29, 0.717) is 6.54 Å². The van der Waals surface area contributed by atoms with Crippen molar-refractivity contribution < 1.29 is 14.7 Å². The van der Waals surface area contributed by atoms with Crippen molar-refractivity contribution in [2.75, 3.05) is 13.1 Å². The third-order valence-electron chi connectivity index (χ3n) is 1.28. The number of hydrogen-bond donors (Lipinski definition) is 3. The van der Waals surface area contributed by atoms with Crippen molar-refractivity contribution in [2.24, 2.45) is 0 Å². The zero-order chi connectivity index (χ0) is 9.56. The molecule has 0 radical (unpaired) electrons. The smallest absolute Gasteiger partial charge is 0.325 e. The monoisotopic (exact) mass is 174 g/mol. The molecule has 0 spiro atoms. The molecule has 1 unspecified atom stereocenters. The number of carbonyl (C=O) groups excluding carboxylic acids is 1. The molecule has 0 rings (SSSR count). The lowest BCUT2D eigenvalue weighted by molar-refractivity contribution is -0.141. The second kappa shape index (κ2) is 5.54. The van der Waals surface area contributed by atoms with E-state index in [-0.39, 0.29) is 12.5 Å². The Kier molecular flexibility index (Phi) is 5.03. The van der Waals surface area contributed by atoms with E-state index in [1.54, 1.807) is 0 Å². The summed E-state index contributed by atoms with van der Waals surface area (Å²) in [5.74, 6) is -1.33. The lowest BCUT2D eigenvalue weighted by Gasteiger charge is -2.08. The Labute approximate surface area is 71.1 Å². The van der Waals surface area contributed by atoms with Crippen LogP contribution in [0.3, 0.4) is 0 Å². The lowest BCUT2D eigenvalue weighted by atomic mass is 10.3. The second-order valence-electron chi connectivity index (χ2n) is 2.41. The predicted molar refractivity (Wildman–Crippen MR) is 43.8 cm³/mol. The maximum Gasteiger partial charge on any atom is 0.325 e. The topological polar surface area (TPSA) is 78.4 Å². The van der Waals surface area contributed by atoms with Crippen LogP contribution in [0.1, 0.15) is 13.8 Å². The molecule has 5 nitrogen and oxygen atoms in total. The molecule has 3 N–H and O–H groups in total. The van der Waals surface area contributed by atoms with Gasteiger partial charge in [0.2, 0.25) is 5.91 Å². The summed E-state index contributed by atoms with van der Waals surface area (Å²) in [6.45, 7) is 4.14. The van der Waals surface area contributed by atoms with Crippen molar-refractivity contribution in [3.63, 3.8) is 0 Å². The molecule has 0 saturated carbocycles. The first-order valence-electron chi connectivity index (χ1n) is 3.80. The van der Waals surface area contributed by atoms with Crippen LogP contribution in [0.15, 0.2) is 0 Å². The molecule has 0 aromatic rings. The van der Waals surface area contributed by atoms with Gasteiger partial charge in [-0.05, 0) is 13.5 Å². The summed E-state index contributed by atoms with van der Waals surface area (Å²) in [7, 11) is 0. The molecule has 0 aliphatic heterocycles. The SMILES string of the molecule is CCNCC(=O)NC(C)C(=O)O. The maximum absolute atomic E-state index is 10.9. The number of aliphatic carboxylic acids is 1. The molecule has 5 heteroatoms. The van der Waals surface area contributed by atoms with Gasteiger partial charge in [-0.15, -0.1) is 0 Å². The van der Waals surface area contributed by atoms with Gasteiger partial charge in [-0.1, -0.05) is 6.92 Å². The summed E-state index contributed by atoms with van der Waals surface area (Å²) in [5.41, 5.74) is 0. The summed E-state index contributed by atoms with van der Waals surface area (Å²) in [6, 6.07) is -0.823. The number of carboxylic acids is 1. The summed E-state index contributed by atoms with van der Waals surface area (Å²) < 4.78 is 0. The number of carboxylic acid groups (broad SMARTS) is 1. The summed E-state index contributed by atoms with van der Waals surface area (Å²) in [6.07, 6.45) is 0. The molecule has 12 heavy (non-hydrogen) atoms. The van der Waals surface area contributed by atoms with E-state index in [1.807, 2.05) is 6.92 Å². The predicted octanol–water partition coefficient (Wildman–Crippen LogP) is -0.815. The minimum absolute atomic E-state index is 0.161. The Morgan fingerprint density at radius 2 is 2.08 bits per heavy atom. The van der Waals surface area contributed by atoms with Gasteiger partial charge in [0.15, 0.2) is 0 Å². The van der Waals surface area contributed by atoms with Crippen molar-refractivity contribution in [3.8, 4) is 0 Å². The van der Waals surface area contributed by atoms with E-state index in [4.69, 9.17) is 5.11 Å². The molecule has 0 aliphatic rings. The van der Waals surface area contributed by atoms with Crippen LogP contribution in [0, 0.1) is 0 Å². The second-order valence-corrected chi connectivity index (χ2v) is 2.41. The largest absolute Gasteiger partial charge is 0.480 e. The van der Waals surface area contributed by atoms with Crippen LogP contribution in [-0.2, 0) is 9.59 Å². The Morgan fingerprint density at radius 1 is 1.50 bits per heavy atom. The molecule has 0 bridgehead atoms. The van der Waals surface area contributed by atoms with Gasteiger partial charge < -0.3 is 15.7 Å². The zero-order valence-electron chi connectivity index (χ0n) is 7.26. The Hall–Kier alpha value is -1.10. The van der Waals surface area contributed by atoms with Crippen LogP contribution in [0.25, 0.3) is 0 Å². The van der Waals surface area contributed by atoms with Crippen molar-refractivity contribution >= 4 is 11.9 Å². The highest BCUT2D eigenvalue weighted by Crippen LogP contribution is 1.79. The first-order chi connectivity index (χ1) is 5.57. The number of nitrogens with one attached hydrogen (secondary N) is 2. The normalized spacial score (nSPS) is 12.2. The van der Waals surface area contributed by atoms with Crippen LogP contribution < -0.4 is 10.6 Å². The molecule has 0 fully saturated rings. The molecule has 1 amide bonds. The van der Waals surface area contributed by atoms with Crippen LogP contribution in [0.2, 0.25) is 0 Å². The van der Waals surface area contributed by atoms with Crippen LogP contribution in [0.5, 0.6) is 0 Å². The Balaban J connectivity index is 3.61. The fourth-order valence-electron chi connectivity index (χ4n) is 0.593. The Bertz CT molecular complexity index is 170. The number of amides is 1. The van der Waals surface area contributed by atoms with Gasteiger partial charge in [-0.2, -0.15) is 0 Å². The molecule has 0 aromatic heterocycles. The third-order valence-corrected chi connectivity index (χ3v) is 1.28. The van der Waals surface area contributed by atoms with E-state index < -0.39 is 12.0 Å². The highest BCUT2D eigenvalue weighted by molar-refractivity contribution is 5.84. The summed E-state index contributed by atoms with van der Waals surface area (Å²) in [5, 5.41) is 13.5. The van der Waals surface area contributed by atoms with Crippen molar-refractivity contribution in [1.82, 2.24) is 10.6 Å². The van der Waals surface area contributed by atoms with E-state index in [9.17, 15) is 9.59 Å². The van der Waals surface area contributed by atoms with E-state index in [0.717, 1.165) is 0 Å². The van der Waals surface area contributed by atoms with Crippen LogP contribution >= 0.6 is 0 Å². The molecule has 0 aliphatic carbocycles. The van der Waals surface area contributed by atoms with Gasteiger partial charge in [0.25, 0.3) is 0 Å². The average molecular weight is 174 g/mol. The molecular formula is C7H14N2O3. The molecule has 0 saturated heterocycles. The van der Waals surface area contributed by atoms with Gasteiger partial charge in [-0.25, -0.2) is 0 Å². The fraction of sp³-hybridized carbons (Fsp3) is 0.714. The Morgan fingerprint density at radius 3 is 2.50 bits per heavy atom. The third kappa shape index (κ3) is 4.68. The molecule has 70 valence electrons. The molecule has 0 heterocycles. The van der Waals surface area contributed by atoms with Gasteiger partial charge in [0.1, 0.15) is 6.04 Å². The van der Waals surface area contributed by atoms with Crippen molar-refractivity contribution in [3.05, 3.63) is 0 Å². The van der Waals surface area contributed by atoms with Crippen molar-refractivity contribution in [2.45, 2.75) is 19.9 Å². The number of rotatable bonds is 5. The number of carbonyl (C=O) groups is 2. The van der Waals surface area contributed by atoms with E-state index in [2.05, 4.69) is 10.6 Å². The summed E-state index contributed by atoms with van der Waals surface area (Å²) in [4.78, 5) is 21.2. The summed E-state index contributed by atoms with van der Waals surface area (Å²) >= 11 is 0. The van der Waals surface area contributed by atoms with Gasteiger partial charge in [-0.3, -0.25) is 9.59 Å². The first kappa shape index (κ1) is 10.9. The minimum atomic E-state index is -1.03. The van der Waals surface area contributed by atoms with E-state index in [1.165, 1.54) is 6.92 Å². The lowest BCUT2D eigenvalue weighted by Crippen LogP contribution is -2.42. The van der Waals surface area contributed by atoms with Gasteiger partial charge >= 0.3 is 5.97 Å². The highest BCUT2D eigenvalue weighted by atomic mass is 16.4. The van der Waals surface area contributed by atoms with Gasteiger partial charge in [0.05, 0.1) is 6.54 Å². The molecule has 0 aromatic carbocycles. The molecule has 1 atom stereocenters. The quantitative estimate of drug-likeness (QED) is 0.509. The van der Waals surface area contributed by atoms with Gasteiger partial charge in [0, 0.05) is 0 Å². The minimum Gasteiger partial charge on any atom is -0.480 e. The maximum atomic E-state index is 10.9. The number of hydrogen-bond acceptors (Lipinski definition) is 3. The van der Waals surface area contributed by atoms with Crippen LogP contribution in [-0.4, -0.2) is 36.1 Å². The van der Waals surface area contributed by atoms with Crippen molar-refractivity contribution in [1.29, 1.82) is 0 Å².